The Hall–Kier alpha value is -1.39. The lowest BCUT2D eigenvalue weighted by atomic mass is 10.0. The van der Waals surface area contributed by atoms with Crippen LogP contribution in [0, 0.1) is 0 Å². The summed E-state index contributed by atoms with van der Waals surface area (Å²) in [5.41, 5.74) is 1.75. The first-order valence-corrected chi connectivity index (χ1v) is 6.86. The van der Waals surface area contributed by atoms with Crippen LogP contribution in [0.25, 0.3) is 0 Å². The summed E-state index contributed by atoms with van der Waals surface area (Å²) >= 11 is 0. The van der Waals surface area contributed by atoms with Crippen molar-refractivity contribution in [1.82, 2.24) is 4.90 Å². The van der Waals surface area contributed by atoms with Crippen LogP contribution in [0.2, 0.25) is 0 Å². The van der Waals surface area contributed by atoms with Crippen molar-refractivity contribution >= 4 is 5.97 Å². The van der Waals surface area contributed by atoms with Crippen molar-refractivity contribution in [1.29, 1.82) is 0 Å². The zero-order valence-corrected chi connectivity index (χ0v) is 11.4. The van der Waals surface area contributed by atoms with Gasteiger partial charge in [0.05, 0.1) is 25.4 Å². The zero-order chi connectivity index (χ0) is 13.5. The van der Waals surface area contributed by atoms with E-state index in [4.69, 9.17) is 9.47 Å². The Balaban J connectivity index is 1.97. The topological polar surface area (TPSA) is 38.8 Å². The number of morpholine rings is 1. The van der Waals surface area contributed by atoms with Crippen molar-refractivity contribution in [2.75, 3.05) is 39.5 Å². The smallest absolute Gasteiger partial charge is 0.338 e. The lowest BCUT2D eigenvalue weighted by Gasteiger charge is -2.26. The normalized spacial score (nSPS) is 16.3. The van der Waals surface area contributed by atoms with Crippen LogP contribution >= 0.6 is 0 Å². The second-order valence-electron chi connectivity index (χ2n) is 4.58. The first kappa shape index (κ1) is 14.0. The van der Waals surface area contributed by atoms with Crippen LogP contribution in [0.15, 0.2) is 24.3 Å². The third-order valence-electron chi connectivity index (χ3n) is 3.31. The van der Waals surface area contributed by atoms with Crippen molar-refractivity contribution < 1.29 is 14.3 Å². The first-order valence-electron chi connectivity index (χ1n) is 6.86. The quantitative estimate of drug-likeness (QED) is 0.759. The second-order valence-corrected chi connectivity index (χ2v) is 4.58. The average Bonchev–Trinajstić information content (AvgIpc) is 2.47. The Labute approximate surface area is 114 Å². The Kier molecular flexibility index (Phi) is 5.36. The van der Waals surface area contributed by atoms with Gasteiger partial charge in [0, 0.05) is 19.6 Å². The molecule has 1 aliphatic rings. The summed E-state index contributed by atoms with van der Waals surface area (Å²) in [5.74, 6) is -0.222. The highest BCUT2D eigenvalue weighted by atomic mass is 16.5. The lowest BCUT2D eigenvalue weighted by Crippen LogP contribution is -2.37. The van der Waals surface area contributed by atoms with E-state index in [0.717, 1.165) is 44.8 Å². The van der Waals surface area contributed by atoms with Gasteiger partial charge in [0.15, 0.2) is 0 Å². The van der Waals surface area contributed by atoms with Crippen molar-refractivity contribution in [3.05, 3.63) is 35.4 Å². The van der Waals surface area contributed by atoms with E-state index >= 15 is 0 Å². The molecular weight excluding hydrogens is 242 g/mol. The number of benzene rings is 1. The van der Waals surface area contributed by atoms with Crippen LogP contribution in [0.3, 0.4) is 0 Å². The maximum Gasteiger partial charge on any atom is 0.338 e. The Morgan fingerprint density at radius 1 is 1.32 bits per heavy atom. The monoisotopic (exact) mass is 263 g/mol. The van der Waals surface area contributed by atoms with Gasteiger partial charge in [-0.15, -0.1) is 0 Å². The molecule has 4 nitrogen and oxygen atoms in total. The molecule has 0 N–H and O–H groups in total. The molecule has 0 spiro atoms. The van der Waals surface area contributed by atoms with E-state index in [-0.39, 0.29) is 5.97 Å². The van der Waals surface area contributed by atoms with E-state index in [9.17, 15) is 4.79 Å². The summed E-state index contributed by atoms with van der Waals surface area (Å²) < 4.78 is 10.4. The first-order chi connectivity index (χ1) is 9.31. The van der Waals surface area contributed by atoms with Crippen LogP contribution in [-0.4, -0.2) is 50.3 Å². The number of rotatable bonds is 5. The van der Waals surface area contributed by atoms with Crippen molar-refractivity contribution in [3.8, 4) is 0 Å². The molecule has 4 heteroatoms. The fourth-order valence-corrected chi connectivity index (χ4v) is 2.25. The molecule has 1 aliphatic heterocycles. The molecule has 0 atom stereocenters. The highest BCUT2D eigenvalue weighted by molar-refractivity contribution is 5.91. The van der Waals surface area contributed by atoms with Gasteiger partial charge in [-0.25, -0.2) is 4.79 Å². The fourth-order valence-electron chi connectivity index (χ4n) is 2.25. The van der Waals surface area contributed by atoms with Gasteiger partial charge in [-0.05, 0) is 25.0 Å². The van der Waals surface area contributed by atoms with Crippen LogP contribution < -0.4 is 0 Å². The summed E-state index contributed by atoms with van der Waals surface area (Å²) in [6.45, 7) is 6.76. The second kappa shape index (κ2) is 7.26. The summed E-state index contributed by atoms with van der Waals surface area (Å²) in [4.78, 5) is 14.2. The number of hydrogen-bond acceptors (Lipinski definition) is 4. The van der Waals surface area contributed by atoms with Crippen LogP contribution in [0.4, 0.5) is 0 Å². The van der Waals surface area contributed by atoms with Gasteiger partial charge in [0.25, 0.3) is 0 Å². The molecule has 2 rings (SSSR count). The standard InChI is InChI=1S/C15H21NO3/c1-2-19-15(17)14-6-4-3-5-13(14)7-8-16-9-11-18-12-10-16/h3-6H,2,7-12H2,1H3. The van der Waals surface area contributed by atoms with Crippen LogP contribution in [-0.2, 0) is 15.9 Å². The average molecular weight is 263 g/mol. The number of nitrogens with zero attached hydrogens (tertiary/aromatic N) is 1. The molecule has 1 aromatic carbocycles. The van der Waals surface area contributed by atoms with Crippen LogP contribution in [0.1, 0.15) is 22.8 Å². The van der Waals surface area contributed by atoms with Gasteiger partial charge < -0.3 is 9.47 Å². The van der Waals surface area contributed by atoms with Gasteiger partial charge in [-0.2, -0.15) is 0 Å². The molecule has 0 radical (unpaired) electrons. The van der Waals surface area contributed by atoms with Gasteiger partial charge in [0.2, 0.25) is 0 Å². The Morgan fingerprint density at radius 3 is 2.79 bits per heavy atom. The minimum absolute atomic E-state index is 0.222. The summed E-state index contributed by atoms with van der Waals surface area (Å²) in [6, 6.07) is 7.70. The predicted molar refractivity (Wildman–Crippen MR) is 73.4 cm³/mol. The molecule has 0 aromatic heterocycles. The third kappa shape index (κ3) is 4.04. The van der Waals surface area contributed by atoms with Gasteiger partial charge in [0.1, 0.15) is 0 Å². The van der Waals surface area contributed by atoms with E-state index in [2.05, 4.69) is 4.90 Å². The largest absolute Gasteiger partial charge is 0.462 e. The van der Waals surface area contributed by atoms with E-state index in [1.54, 1.807) is 0 Å². The van der Waals surface area contributed by atoms with Gasteiger partial charge in [-0.1, -0.05) is 18.2 Å². The number of carbonyl (C=O) groups excluding carboxylic acids is 1. The van der Waals surface area contributed by atoms with E-state index in [1.165, 1.54) is 0 Å². The molecule has 104 valence electrons. The van der Waals surface area contributed by atoms with Crippen molar-refractivity contribution in [2.24, 2.45) is 0 Å². The predicted octanol–water partition coefficient (Wildman–Crippen LogP) is 1.74. The lowest BCUT2D eigenvalue weighted by molar-refractivity contribution is 0.0382. The molecule has 0 aliphatic carbocycles. The van der Waals surface area contributed by atoms with Crippen LogP contribution in [0.5, 0.6) is 0 Å². The van der Waals surface area contributed by atoms with Gasteiger partial charge >= 0.3 is 5.97 Å². The fraction of sp³-hybridized carbons (Fsp3) is 0.533. The third-order valence-corrected chi connectivity index (χ3v) is 3.31. The molecule has 1 heterocycles. The molecule has 1 fully saturated rings. The number of hydrogen-bond donors (Lipinski definition) is 0. The number of carbonyl (C=O) groups is 1. The maximum absolute atomic E-state index is 11.9. The molecular formula is C15H21NO3. The Morgan fingerprint density at radius 2 is 2.05 bits per heavy atom. The molecule has 1 saturated heterocycles. The molecule has 0 bridgehead atoms. The highest BCUT2D eigenvalue weighted by Crippen LogP contribution is 2.12. The van der Waals surface area contributed by atoms with Crippen molar-refractivity contribution in [3.63, 3.8) is 0 Å². The molecule has 0 saturated carbocycles. The van der Waals surface area contributed by atoms with Gasteiger partial charge in [-0.3, -0.25) is 4.90 Å². The zero-order valence-electron chi connectivity index (χ0n) is 11.4. The molecule has 0 unspecified atom stereocenters. The highest BCUT2D eigenvalue weighted by Gasteiger charge is 2.14. The number of ether oxygens (including phenoxy) is 2. The van der Waals surface area contributed by atoms with Crippen molar-refractivity contribution in [2.45, 2.75) is 13.3 Å². The minimum atomic E-state index is -0.222. The van der Waals surface area contributed by atoms with E-state index in [1.807, 2.05) is 31.2 Å². The van der Waals surface area contributed by atoms with E-state index < -0.39 is 0 Å². The molecule has 0 amide bonds. The maximum atomic E-state index is 11.9. The van der Waals surface area contributed by atoms with E-state index in [0.29, 0.717) is 12.2 Å². The molecule has 19 heavy (non-hydrogen) atoms. The summed E-state index contributed by atoms with van der Waals surface area (Å²) in [5, 5.41) is 0. The SMILES string of the molecule is CCOC(=O)c1ccccc1CCN1CCOCC1. The minimum Gasteiger partial charge on any atom is -0.462 e. The summed E-state index contributed by atoms with van der Waals surface area (Å²) in [7, 11) is 0. The molecule has 1 aromatic rings. The number of esters is 1. The summed E-state index contributed by atoms with van der Waals surface area (Å²) in [6.07, 6.45) is 0.870. The Bertz CT molecular complexity index is 414.